The molecule has 2 aliphatic heterocycles. The van der Waals surface area contributed by atoms with Crippen molar-refractivity contribution >= 4 is 18.1 Å². The number of carbonyl (C=O) groups excluding carboxylic acids is 3. The molecule has 158 valence electrons. The summed E-state index contributed by atoms with van der Waals surface area (Å²) < 4.78 is 15.7. The van der Waals surface area contributed by atoms with Gasteiger partial charge >= 0.3 is 18.1 Å². The average molecular weight is 406 g/mol. The smallest absolute Gasteiger partial charge is 0.409 e. The zero-order valence-corrected chi connectivity index (χ0v) is 16.6. The van der Waals surface area contributed by atoms with Gasteiger partial charge in [-0.05, 0) is 26.0 Å². The molecule has 10 heteroatoms. The van der Waals surface area contributed by atoms with E-state index in [4.69, 9.17) is 13.9 Å². The van der Waals surface area contributed by atoms with Crippen LogP contribution in [0.15, 0.2) is 34.1 Å². The van der Waals surface area contributed by atoms with Gasteiger partial charge in [-0.15, -0.1) is 0 Å². The van der Waals surface area contributed by atoms with E-state index in [0.717, 1.165) is 0 Å². The Balaban J connectivity index is 1.78. The maximum absolute atomic E-state index is 12.7. The topological polar surface area (TPSA) is 113 Å². The predicted octanol–water partition coefficient (Wildman–Crippen LogP) is 1.22. The molecule has 10 nitrogen and oxygen atoms in total. The summed E-state index contributed by atoms with van der Waals surface area (Å²) in [5.74, 6) is -0.0610. The van der Waals surface area contributed by atoms with E-state index in [1.165, 1.54) is 6.26 Å². The van der Waals surface area contributed by atoms with Gasteiger partial charge in [0.05, 0.1) is 25.1 Å². The molecule has 3 rings (SSSR count). The molecule has 3 amide bonds. The Kier molecular flexibility index (Phi) is 6.76. The second-order valence-corrected chi connectivity index (χ2v) is 6.62. The van der Waals surface area contributed by atoms with Crippen LogP contribution in [0.2, 0.25) is 0 Å². The summed E-state index contributed by atoms with van der Waals surface area (Å²) >= 11 is 0. The van der Waals surface area contributed by atoms with E-state index in [0.29, 0.717) is 56.4 Å². The number of ether oxygens (including phenoxy) is 2. The molecule has 0 radical (unpaired) electrons. The van der Waals surface area contributed by atoms with E-state index < -0.39 is 18.0 Å². The second kappa shape index (κ2) is 9.46. The molecular weight excluding hydrogens is 380 g/mol. The van der Waals surface area contributed by atoms with Crippen molar-refractivity contribution in [1.29, 1.82) is 0 Å². The Hall–Kier alpha value is -3.01. The summed E-state index contributed by atoms with van der Waals surface area (Å²) in [6.07, 6.45) is 1.16. The first-order valence-corrected chi connectivity index (χ1v) is 9.68. The molecule has 1 unspecified atom stereocenters. The van der Waals surface area contributed by atoms with E-state index in [-0.39, 0.29) is 12.7 Å². The van der Waals surface area contributed by atoms with Crippen LogP contribution in [0, 0.1) is 0 Å². The monoisotopic (exact) mass is 406 g/mol. The number of hydrogen-bond acceptors (Lipinski definition) is 7. The molecule has 0 aromatic carbocycles. The molecule has 3 heterocycles. The highest BCUT2D eigenvalue weighted by Crippen LogP contribution is 2.28. The lowest BCUT2D eigenvalue weighted by atomic mass is 9.99. The largest absolute Gasteiger partial charge is 0.467 e. The molecule has 0 saturated carbocycles. The van der Waals surface area contributed by atoms with Gasteiger partial charge < -0.3 is 29.4 Å². The number of furan rings is 1. The van der Waals surface area contributed by atoms with Gasteiger partial charge in [-0.3, -0.25) is 4.90 Å². The number of carbonyl (C=O) groups is 3. The summed E-state index contributed by atoms with van der Waals surface area (Å²) in [5, 5.41) is 5.46. The van der Waals surface area contributed by atoms with Crippen LogP contribution in [0.1, 0.15) is 25.6 Å². The summed E-state index contributed by atoms with van der Waals surface area (Å²) in [7, 11) is 0. The lowest BCUT2D eigenvalue weighted by Crippen LogP contribution is -2.52. The maximum atomic E-state index is 12.7. The molecule has 0 aliphatic carbocycles. The van der Waals surface area contributed by atoms with E-state index >= 15 is 0 Å². The fourth-order valence-corrected chi connectivity index (χ4v) is 3.39. The highest BCUT2D eigenvalue weighted by molar-refractivity contribution is 5.95. The minimum atomic E-state index is -0.728. The molecule has 2 aliphatic rings. The van der Waals surface area contributed by atoms with Gasteiger partial charge in [-0.1, -0.05) is 0 Å². The van der Waals surface area contributed by atoms with E-state index in [9.17, 15) is 14.4 Å². The van der Waals surface area contributed by atoms with E-state index in [1.54, 1.807) is 30.9 Å². The minimum absolute atomic E-state index is 0.215. The Morgan fingerprint density at radius 1 is 1.17 bits per heavy atom. The first-order chi connectivity index (χ1) is 14.0. The molecule has 0 bridgehead atoms. The quantitative estimate of drug-likeness (QED) is 0.683. The Morgan fingerprint density at radius 3 is 2.52 bits per heavy atom. The molecule has 2 N–H and O–H groups in total. The Morgan fingerprint density at radius 2 is 1.90 bits per heavy atom. The van der Waals surface area contributed by atoms with Crippen LogP contribution in [-0.4, -0.2) is 73.8 Å². The normalized spacial score (nSPS) is 20.1. The molecule has 1 aromatic rings. The van der Waals surface area contributed by atoms with Gasteiger partial charge in [0.1, 0.15) is 11.8 Å². The zero-order valence-electron chi connectivity index (χ0n) is 16.6. The molecule has 1 atom stereocenters. The predicted molar refractivity (Wildman–Crippen MR) is 102 cm³/mol. The Bertz CT molecular complexity index is 768. The van der Waals surface area contributed by atoms with Gasteiger partial charge in [0, 0.05) is 38.4 Å². The highest BCUT2D eigenvalue weighted by Gasteiger charge is 2.36. The van der Waals surface area contributed by atoms with Crippen LogP contribution >= 0.6 is 0 Å². The van der Waals surface area contributed by atoms with Crippen molar-refractivity contribution in [1.82, 2.24) is 20.4 Å². The van der Waals surface area contributed by atoms with E-state index in [2.05, 4.69) is 15.5 Å². The Labute approximate surface area is 168 Å². The number of piperazine rings is 1. The van der Waals surface area contributed by atoms with Gasteiger partial charge in [-0.2, -0.15) is 0 Å². The number of amides is 3. The second-order valence-electron chi connectivity index (χ2n) is 6.62. The number of nitrogens with zero attached hydrogens (tertiary/aromatic N) is 2. The van der Waals surface area contributed by atoms with E-state index in [1.807, 2.05) is 0 Å². The van der Waals surface area contributed by atoms with Crippen LogP contribution in [0.5, 0.6) is 0 Å². The standard InChI is InChI=1S/C19H26N4O6/c1-3-27-17(24)15-13(20-18(25)21-16(15)14-6-5-11-29-14)12-22-7-9-23(10-8-22)19(26)28-4-2/h5-6,11,16H,3-4,7-10,12H2,1-2H3,(H2,20,21,25). The highest BCUT2D eigenvalue weighted by atomic mass is 16.6. The minimum Gasteiger partial charge on any atom is -0.467 e. The third-order valence-corrected chi connectivity index (χ3v) is 4.76. The lowest BCUT2D eigenvalue weighted by molar-refractivity contribution is -0.139. The van der Waals surface area contributed by atoms with Crippen molar-refractivity contribution in [2.45, 2.75) is 19.9 Å². The van der Waals surface area contributed by atoms with Gasteiger partial charge in [0.25, 0.3) is 0 Å². The summed E-state index contributed by atoms with van der Waals surface area (Å²) in [6.45, 7) is 6.59. The molecule has 0 spiro atoms. The maximum Gasteiger partial charge on any atom is 0.409 e. The van der Waals surface area contributed by atoms with Crippen LogP contribution in [0.3, 0.4) is 0 Å². The SMILES string of the molecule is CCOC(=O)C1=C(CN2CCN(C(=O)OCC)CC2)NC(=O)NC1c1ccco1. The lowest BCUT2D eigenvalue weighted by Gasteiger charge is -2.36. The van der Waals surface area contributed by atoms with Crippen LogP contribution in [0.4, 0.5) is 9.59 Å². The van der Waals surface area contributed by atoms with Crippen molar-refractivity contribution in [3.63, 3.8) is 0 Å². The van der Waals surface area contributed by atoms with Crippen molar-refractivity contribution in [3.05, 3.63) is 35.4 Å². The van der Waals surface area contributed by atoms with Gasteiger partial charge in [-0.25, -0.2) is 14.4 Å². The van der Waals surface area contributed by atoms with Gasteiger partial charge in [0.15, 0.2) is 0 Å². The number of hydrogen-bond donors (Lipinski definition) is 2. The molecule has 29 heavy (non-hydrogen) atoms. The van der Waals surface area contributed by atoms with Crippen LogP contribution in [0.25, 0.3) is 0 Å². The van der Waals surface area contributed by atoms with Crippen LogP contribution < -0.4 is 10.6 Å². The number of rotatable bonds is 6. The summed E-state index contributed by atoms with van der Waals surface area (Å²) in [4.78, 5) is 40.5. The summed E-state index contributed by atoms with van der Waals surface area (Å²) in [6, 6.07) is 2.25. The number of esters is 1. The van der Waals surface area contributed by atoms with Crippen molar-refractivity contribution < 1.29 is 28.3 Å². The first-order valence-electron chi connectivity index (χ1n) is 9.68. The molecule has 1 fully saturated rings. The van der Waals surface area contributed by atoms with Gasteiger partial charge in [0.2, 0.25) is 0 Å². The number of urea groups is 1. The third-order valence-electron chi connectivity index (χ3n) is 4.76. The number of nitrogens with one attached hydrogen (secondary N) is 2. The summed E-state index contributed by atoms with van der Waals surface area (Å²) in [5.41, 5.74) is 0.785. The average Bonchev–Trinajstić information content (AvgIpc) is 3.23. The fourth-order valence-electron chi connectivity index (χ4n) is 3.39. The van der Waals surface area contributed by atoms with Crippen molar-refractivity contribution in [3.8, 4) is 0 Å². The molecule has 1 aromatic heterocycles. The zero-order chi connectivity index (χ0) is 20.8. The van der Waals surface area contributed by atoms with Crippen molar-refractivity contribution in [2.24, 2.45) is 0 Å². The first kappa shape index (κ1) is 20.7. The van der Waals surface area contributed by atoms with Crippen molar-refractivity contribution in [2.75, 3.05) is 45.9 Å². The fraction of sp³-hybridized carbons (Fsp3) is 0.526. The van der Waals surface area contributed by atoms with Crippen LogP contribution in [-0.2, 0) is 14.3 Å². The third kappa shape index (κ3) is 4.89. The molecular formula is C19H26N4O6. The molecule has 1 saturated heterocycles.